The van der Waals surface area contributed by atoms with Gasteiger partial charge in [-0.15, -0.1) is 0 Å². The fourth-order valence-corrected chi connectivity index (χ4v) is 2.33. The van der Waals surface area contributed by atoms with Gasteiger partial charge in [0, 0.05) is 26.2 Å². The van der Waals surface area contributed by atoms with Crippen LogP contribution >= 0.6 is 0 Å². The normalized spacial score (nSPS) is 23.0. The predicted molar refractivity (Wildman–Crippen MR) is 76.2 cm³/mol. The maximum Gasteiger partial charge on any atom is 0.147 e. The minimum Gasteiger partial charge on any atom is -0.376 e. The maximum atomic E-state index is 5.60. The summed E-state index contributed by atoms with van der Waals surface area (Å²) in [5.41, 5.74) is 0.974. The molecule has 2 unspecified atom stereocenters. The van der Waals surface area contributed by atoms with Crippen molar-refractivity contribution >= 4 is 5.82 Å². The third-order valence-corrected chi connectivity index (χ3v) is 3.58. The number of likely N-dealkylation sites (N-methyl/N-ethyl adjacent to an activating group) is 1. The molecule has 1 saturated heterocycles. The Morgan fingerprint density at radius 2 is 2.21 bits per heavy atom. The Kier molecular flexibility index (Phi) is 4.71. The van der Waals surface area contributed by atoms with Crippen molar-refractivity contribution in [3.8, 4) is 0 Å². The first-order chi connectivity index (χ1) is 9.08. The van der Waals surface area contributed by atoms with Gasteiger partial charge in [0.1, 0.15) is 5.82 Å². The lowest BCUT2D eigenvalue weighted by Gasteiger charge is -2.27. The van der Waals surface area contributed by atoms with Crippen LogP contribution in [0.15, 0.2) is 12.4 Å². The number of hydrogen-bond acceptors (Lipinski definition) is 5. The van der Waals surface area contributed by atoms with Crippen LogP contribution in [0.5, 0.6) is 0 Å². The van der Waals surface area contributed by atoms with E-state index in [0.29, 0.717) is 12.1 Å². The molecule has 0 saturated carbocycles. The van der Waals surface area contributed by atoms with Gasteiger partial charge >= 0.3 is 0 Å². The van der Waals surface area contributed by atoms with Crippen LogP contribution in [0.1, 0.15) is 32.9 Å². The van der Waals surface area contributed by atoms with Crippen LogP contribution < -0.4 is 10.2 Å². The Balaban J connectivity index is 1.97. The van der Waals surface area contributed by atoms with Crippen molar-refractivity contribution in [2.24, 2.45) is 0 Å². The van der Waals surface area contributed by atoms with Gasteiger partial charge in [0.2, 0.25) is 0 Å². The molecule has 5 nitrogen and oxygen atoms in total. The van der Waals surface area contributed by atoms with E-state index < -0.39 is 0 Å². The molecule has 0 amide bonds. The number of aromatic nitrogens is 2. The van der Waals surface area contributed by atoms with Crippen LogP contribution in [0.25, 0.3) is 0 Å². The topological polar surface area (TPSA) is 50.3 Å². The van der Waals surface area contributed by atoms with Gasteiger partial charge in [0.15, 0.2) is 0 Å². The molecule has 19 heavy (non-hydrogen) atoms. The number of hydrogen-bond donors (Lipinski definition) is 1. The zero-order valence-electron chi connectivity index (χ0n) is 12.3. The monoisotopic (exact) mass is 264 g/mol. The van der Waals surface area contributed by atoms with Crippen molar-refractivity contribution < 1.29 is 4.74 Å². The van der Waals surface area contributed by atoms with Gasteiger partial charge in [0.05, 0.1) is 30.2 Å². The van der Waals surface area contributed by atoms with Crippen molar-refractivity contribution in [3.05, 3.63) is 18.1 Å². The summed E-state index contributed by atoms with van der Waals surface area (Å²) in [5.74, 6) is 0.913. The molecule has 1 aromatic heterocycles. The van der Waals surface area contributed by atoms with E-state index in [4.69, 9.17) is 4.74 Å². The minimum absolute atomic E-state index is 0.258. The molecular weight excluding hydrogens is 240 g/mol. The smallest absolute Gasteiger partial charge is 0.147 e. The van der Waals surface area contributed by atoms with E-state index in [1.165, 1.54) is 0 Å². The second-order valence-corrected chi connectivity index (χ2v) is 5.44. The number of nitrogens with one attached hydrogen (secondary N) is 1. The average molecular weight is 264 g/mol. The molecule has 0 bridgehead atoms. The van der Waals surface area contributed by atoms with Crippen molar-refractivity contribution in [1.82, 2.24) is 15.3 Å². The molecule has 0 spiro atoms. The molecule has 2 rings (SSSR count). The highest BCUT2D eigenvalue weighted by Crippen LogP contribution is 2.22. The summed E-state index contributed by atoms with van der Waals surface area (Å²) in [5, 5.41) is 3.34. The van der Waals surface area contributed by atoms with Crippen LogP contribution in [0.2, 0.25) is 0 Å². The maximum absolute atomic E-state index is 5.60. The van der Waals surface area contributed by atoms with Crippen molar-refractivity contribution in [1.29, 1.82) is 0 Å². The first-order valence-corrected chi connectivity index (χ1v) is 6.96. The van der Waals surface area contributed by atoms with Crippen LogP contribution in [-0.2, 0) is 11.3 Å². The van der Waals surface area contributed by atoms with Gasteiger partial charge in [0.25, 0.3) is 0 Å². The van der Waals surface area contributed by atoms with E-state index in [1.54, 1.807) is 0 Å². The van der Waals surface area contributed by atoms with Gasteiger partial charge in [-0.05, 0) is 13.3 Å². The van der Waals surface area contributed by atoms with Crippen LogP contribution in [0.3, 0.4) is 0 Å². The summed E-state index contributed by atoms with van der Waals surface area (Å²) in [6, 6.07) is 0.856. The summed E-state index contributed by atoms with van der Waals surface area (Å²) in [7, 11) is 2.06. The molecule has 1 aliphatic rings. The minimum atomic E-state index is 0.258. The zero-order chi connectivity index (χ0) is 13.8. The third-order valence-electron chi connectivity index (χ3n) is 3.58. The molecule has 2 heterocycles. The summed E-state index contributed by atoms with van der Waals surface area (Å²) in [6.07, 6.45) is 5.01. The molecule has 0 radical (unpaired) electrons. The molecule has 2 atom stereocenters. The van der Waals surface area contributed by atoms with E-state index >= 15 is 0 Å². The first kappa shape index (κ1) is 14.2. The molecule has 1 fully saturated rings. The van der Waals surface area contributed by atoms with Gasteiger partial charge in [-0.1, -0.05) is 13.8 Å². The first-order valence-electron chi connectivity index (χ1n) is 6.96. The molecule has 5 heteroatoms. The van der Waals surface area contributed by atoms with E-state index in [2.05, 4.69) is 48.0 Å². The highest BCUT2D eigenvalue weighted by Gasteiger charge is 2.28. The Hall–Kier alpha value is -1.20. The highest BCUT2D eigenvalue weighted by atomic mass is 16.5. The Bertz CT molecular complexity index is 393. The number of nitrogens with zero attached hydrogens (tertiary/aromatic N) is 3. The van der Waals surface area contributed by atoms with E-state index in [-0.39, 0.29) is 6.10 Å². The van der Waals surface area contributed by atoms with Crippen molar-refractivity contribution in [2.45, 2.75) is 51.9 Å². The lowest BCUT2D eigenvalue weighted by molar-refractivity contribution is 0.118. The second-order valence-electron chi connectivity index (χ2n) is 5.44. The molecule has 0 aromatic carbocycles. The fourth-order valence-electron chi connectivity index (χ4n) is 2.33. The van der Waals surface area contributed by atoms with Gasteiger partial charge in [-0.3, -0.25) is 4.98 Å². The van der Waals surface area contributed by atoms with Crippen LogP contribution in [0, 0.1) is 0 Å². The number of rotatable bonds is 5. The summed E-state index contributed by atoms with van der Waals surface area (Å²) in [4.78, 5) is 11.1. The number of anilines is 1. The predicted octanol–water partition coefficient (Wildman–Crippen LogP) is 1.59. The molecular formula is C14H24N4O. The van der Waals surface area contributed by atoms with Gasteiger partial charge in [-0.25, -0.2) is 4.98 Å². The molecule has 0 aliphatic carbocycles. The Morgan fingerprint density at radius 3 is 2.74 bits per heavy atom. The zero-order valence-corrected chi connectivity index (χ0v) is 12.3. The van der Waals surface area contributed by atoms with Gasteiger partial charge < -0.3 is 15.0 Å². The fraction of sp³-hybridized carbons (Fsp3) is 0.714. The number of ether oxygens (including phenoxy) is 1. The van der Waals surface area contributed by atoms with E-state index in [9.17, 15) is 0 Å². The molecule has 1 N–H and O–H groups in total. The Labute approximate surface area is 115 Å². The van der Waals surface area contributed by atoms with Crippen molar-refractivity contribution in [3.63, 3.8) is 0 Å². The lowest BCUT2D eigenvalue weighted by Crippen LogP contribution is -2.37. The highest BCUT2D eigenvalue weighted by molar-refractivity contribution is 5.36. The van der Waals surface area contributed by atoms with Gasteiger partial charge in [-0.2, -0.15) is 0 Å². The second kappa shape index (κ2) is 6.30. The summed E-state index contributed by atoms with van der Waals surface area (Å²) >= 11 is 0. The third kappa shape index (κ3) is 3.64. The average Bonchev–Trinajstić information content (AvgIpc) is 2.82. The van der Waals surface area contributed by atoms with E-state index in [1.807, 2.05) is 12.4 Å². The summed E-state index contributed by atoms with van der Waals surface area (Å²) in [6.45, 7) is 7.95. The SMILES string of the molecule is CC(C)NCc1cnc(N(C)C2CCOC2C)cn1. The largest absolute Gasteiger partial charge is 0.376 e. The van der Waals surface area contributed by atoms with Crippen LogP contribution in [-0.4, -0.2) is 41.8 Å². The van der Waals surface area contributed by atoms with Crippen LogP contribution in [0.4, 0.5) is 5.82 Å². The molecule has 1 aliphatic heterocycles. The quantitative estimate of drug-likeness (QED) is 0.875. The lowest BCUT2D eigenvalue weighted by atomic mass is 10.1. The summed E-state index contributed by atoms with van der Waals surface area (Å²) < 4.78 is 5.60. The molecule has 106 valence electrons. The standard InChI is InChI=1S/C14H24N4O/c1-10(2)15-7-12-8-17-14(9-16-12)18(4)13-5-6-19-11(13)3/h8-11,13,15H,5-7H2,1-4H3. The van der Waals surface area contributed by atoms with E-state index in [0.717, 1.165) is 31.1 Å². The molecule has 1 aromatic rings. The van der Waals surface area contributed by atoms with Crippen molar-refractivity contribution in [2.75, 3.05) is 18.6 Å². The Morgan fingerprint density at radius 1 is 1.42 bits per heavy atom.